The molecule has 2 aliphatic heterocycles. The Morgan fingerprint density at radius 2 is 2.10 bits per heavy atom. The molecule has 1 unspecified atom stereocenters. The number of carbonyl (C=O) groups is 2. The monoisotopic (exact) mass is 436 g/mol. The second-order valence-corrected chi connectivity index (χ2v) is 8.53. The lowest BCUT2D eigenvalue weighted by Crippen LogP contribution is -2.40. The third-order valence-corrected chi connectivity index (χ3v) is 6.58. The Bertz CT molecular complexity index is 1180. The van der Waals surface area contributed by atoms with Crippen LogP contribution in [0.5, 0.6) is 0 Å². The molecule has 5 rings (SSSR count). The van der Waals surface area contributed by atoms with Gasteiger partial charge in [-0.2, -0.15) is 0 Å². The van der Waals surface area contributed by atoms with E-state index in [9.17, 15) is 14.4 Å². The highest BCUT2D eigenvalue weighted by atomic mass is 32.1. The summed E-state index contributed by atoms with van der Waals surface area (Å²) in [6, 6.07) is 3.31. The van der Waals surface area contributed by atoms with Crippen LogP contribution in [-0.4, -0.2) is 54.6 Å². The minimum atomic E-state index is -0.337. The van der Waals surface area contributed by atoms with E-state index in [1.54, 1.807) is 15.9 Å². The van der Waals surface area contributed by atoms with Crippen LogP contribution >= 0.6 is 11.3 Å². The molecule has 5 heterocycles. The van der Waals surface area contributed by atoms with Crippen molar-refractivity contribution in [1.82, 2.24) is 29.7 Å². The topological polar surface area (TPSA) is 112 Å². The SMILES string of the molecule is O=C(c1cccs1)N1CCc2c(nc(C3CCCN3C(=O)c3cnccn3)[nH]c2=O)C1. The van der Waals surface area contributed by atoms with Crippen molar-refractivity contribution in [3.8, 4) is 0 Å². The predicted molar refractivity (Wildman–Crippen MR) is 113 cm³/mol. The first kappa shape index (κ1) is 19.6. The molecular formula is C21H20N6O3S. The molecule has 3 aromatic rings. The molecule has 0 aromatic carbocycles. The van der Waals surface area contributed by atoms with Gasteiger partial charge >= 0.3 is 0 Å². The first-order valence-corrected chi connectivity index (χ1v) is 11.0. The molecular weight excluding hydrogens is 416 g/mol. The summed E-state index contributed by atoms with van der Waals surface area (Å²) in [4.78, 5) is 58.2. The quantitative estimate of drug-likeness (QED) is 0.670. The van der Waals surface area contributed by atoms with Gasteiger partial charge in [-0.05, 0) is 30.7 Å². The fourth-order valence-electron chi connectivity index (χ4n) is 4.20. The third-order valence-electron chi connectivity index (χ3n) is 5.72. The Morgan fingerprint density at radius 3 is 2.87 bits per heavy atom. The molecule has 10 heteroatoms. The maximum atomic E-state index is 12.9. The Hall–Kier alpha value is -3.40. The normalized spacial score (nSPS) is 18.1. The number of nitrogens with one attached hydrogen (secondary N) is 1. The molecule has 158 valence electrons. The number of thiophene rings is 1. The van der Waals surface area contributed by atoms with Crippen molar-refractivity contribution in [2.45, 2.75) is 31.8 Å². The highest BCUT2D eigenvalue weighted by Gasteiger charge is 2.34. The zero-order valence-electron chi connectivity index (χ0n) is 16.7. The van der Waals surface area contributed by atoms with Gasteiger partial charge in [0.2, 0.25) is 0 Å². The lowest BCUT2D eigenvalue weighted by atomic mass is 10.1. The van der Waals surface area contributed by atoms with Gasteiger partial charge < -0.3 is 14.8 Å². The van der Waals surface area contributed by atoms with Crippen LogP contribution in [-0.2, 0) is 13.0 Å². The number of rotatable bonds is 3. The van der Waals surface area contributed by atoms with Crippen molar-refractivity contribution in [3.63, 3.8) is 0 Å². The number of hydrogen-bond acceptors (Lipinski definition) is 7. The van der Waals surface area contributed by atoms with E-state index in [1.807, 2.05) is 11.4 Å². The first-order chi connectivity index (χ1) is 15.1. The molecule has 0 bridgehead atoms. The lowest BCUT2D eigenvalue weighted by Gasteiger charge is -2.29. The number of amides is 2. The summed E-state index contributed by atoms with van der Waals surface area (Å²) in [6.07, 6.45) is 6.41. The maximum absolute atomic E-state index is 12.9. The smallest absolute Gasteiger partial charge is 0.274 e. The number of likely N-dealkylation sites (tertiary alicyclic amines) is 1. The van der Waals surface area contributed by atoms with Crippen LogP contribution in [0.4, 0.5) is 0 Å². The van der Waals surface area contributed by atoms with Crippen LogP contribution in [0.15, 0.2) is 40.9 Å². The molecule has 0 radical (unpaired) electrons. The van der Waals surface area contributed by atoms with Gasteiger partial charge in [-0.1, -0.05) is 6.07 Å². The molecule has 2 aliphatic rings. The highest BCUT2D eigenvalue weighted by Crippen LogP contribution is 2.31. The van der Waals surface area contributed by atoms with Gasteiger partial charge in [0, 0.05) is 31.0 Å². The van der Waals surface area contributed by atoms with E-state index >= 15 is 0 Å². The van der Waals surface area contributed by atoms with Crippen LogP contribution in [0.1, 0.15) is 56.1 Å². The van der Waals surface area contributed by atoms with Crippen LogP contribution in [0.25, 0.3) is 0 Å². The Balaban J connectivity index is 1.43. The summed E-state index contributed by atoms with van der Waals surface area (Å²) in [6.45, 7) is 1.33. The van der Waals surface area contributed by atoms with Crippen molar-refractivity contribution in [3.05, 3.63) is 74.1 Å². The van der Waals surface area contributed by atoms with Gasteiger partial charge in [-0.25, -0.2) is 9.97 Å². The summed E-state index contributed by atoms with van der Waals surface area (Å²) in [5, 5.41) is 1.87. The minimum Gasteiger partial charge on any atom is -0.332 e. The van der Waals surface area contributed by atoms with Gasteiger partial charge in [-0.15, -0.1) is 11.3 Å². The molecule has 0 aliphatic carbocycles. The third kappa shape index (κ3) is 3.63. The van der Waals surface area contributed by atoms with Crippen LogP contribution in [0.2, 0.25) is 0 Å². The molecule has 9 nitrogen and oxygen atoms in total. The highest BCUT2D eigenvalue weighted by molar-refractivity contribution is 7.12. The van der Waals surface area contributed by atoms with Gasteiger partial charge in [0.25, 0.3) is 17.4 Å². The van der Waals surface area contributed by atoms with Crippen LogP contribution in [0.3, 0.4) is 0 Å². The molecule has 1 N–H and O–H groups in total. The van der Waals surface area contributed by atoms with Crippen molar-refractivity contribution < 1.29 is 9.59 Å². The number of hydrogen-bond donors (Lipinski definition) is 1. The van der Waals surface area contributed by atoms with Crippen molar-refractivity contribution in [2.24, 2.45) is 0 Å². The largest absolute Gasteiger partial charge is 0.332 e. The van der Waals surface area contributed by atoms with Crippen LogP contribution in [0, 0.1) is 0 Å². The van der Waals surface area contributed by atoms with Gasteiger partial charge in [0.05, 0.1) is 29.4 Å². The zero-order chi connectivity index (χ0) is 21.4. The fourth-order valence-corrected chi connectivity index (χ4v) is 4.89. The maximum Gasteiger partial charge on any atom is 0.274 e. The van der Waals surface area contributed by atoms with E-state index in [0.29, 0.717) is 47.9 Å². The second-order valence-electron chi connectivity index (χ2n) is 7.58. The van der Waals surface area contributed by atoms with E-state index in [-0.39, 0.29) is 35.7 Å². The van der Waals surface area contributed by atoms with Gasteiger partial charge in [0.1, 0.15) is 11.5 Å². The van der Waals surface area contributed by atoms with Gasteiger partial charge in [-0.3, -0.25) is 19.4 Å². The summed E-state index contributed by atoms with van der Waals surface area (Å²) < 4.78 is 0. The molecule has 2 amide bonds. The Morgan fingerprint density at radius 1 is 1.19 bits per heavy atom. The first-order valence-electron chi connectivity index (χ1n) is 10.1. The zero-order valence-corrected chi connectivity index (χ0v) is 17.5. The minimum absolute atomic E-state index is 0.0513. The van der Waals surface area contributed by atoms with E-state index in [4.69, 9.17) is 4.98 Å². The van der Waals surface area contributed by atoms with E-state index in [0.717, 1.165) is 6.42 Å². The van der Waals surface area contributed by atoms with Crippen LogP contribution < -0.4 is 5.56 Å². The molecule has 0 spiro atoms. The Labute approximate surface area is 181 Å². The Kier molecular flexibility index (Phi) is 5.06. The summed E-state index contributed by atoms with van der Waals surface area (Å²) in [5.74, 6) is 0.180. The number of H-pyrrole nitrogens is 1. The van der Waals surface area contributed by atoms with Gasteiger partial charge in [0.15, 0.2) is 0 Å². The van der Waals surface area contributed by atoms with Crippen molar-refractivity contribution >= 4 is 23.2 Å². The van der Waals surface area contributed by atoms with Crippen molar-refractivity contribution in [2.75, 3.05) is 13.1 Å². The average Bonchev–Trinajstić information content (AvgIpc) is 3.50. The molecule has 1 atom stereocenters. The van der Waals surface area contributed by atoms with Crippen molar-refractivity contribution in [1.29, 1.82) is 0 Å². The lowest BCUT2D eigenvalue weighted by molar-refractivity contribution is 0.0722. The molecule has 31 heavy (non-hydrogen) atoms. The average molecular weight is 436 g/mol. The second kappa shape index (κ2) is 8.03. The number of aromatic amines is 1. The number of carbonyl (C=O) groups excluding carboxylic acids is 2. The molecule has 3 aromatic heterocycles. The van der Waals surface area contributed by atoms with E-state index in [2.05, 4.69) is 15.0 Å². The number of fused-ring (bicyclic) bond motifs is 1. The molecule has 1 fully saturated rings. The number of aromatic nitrogens is 4. The summed E-state index contributed by atoms with van der Waals surface area (Å²) in [7, 11) is 0. The number of nitrogens with zero attached hydrogens (tertiary/aromatic N) is 5. The molecule has 1 saturated heterocycles. The molecule has 0 saturated carbocycles. The van der Waals surface area contributed by atoms with E-state index in [1.165, 1.54) is 29.9 Å². The standard InChI is InChI=1S/C21H20N6O3S/c28-19-13-5-9-26(21(30)17-4-2-10-31-17)12-15(13)24-18(25-19)16-3-1-8-27(16)20(29)14-11-22-6-7-23-14/h2,4,6-7,10-11,16H,1,3,5,8-9,12H2,(H,24,25,28). The fraction of sp³-hybridized carbons (Fsp3) is 0.333. The summed E-state index contributed by atoms with van der Waals surface area (Å²) in [5.41, 5.74) is 1.29. The summed E-state index contributed by atoms with van der Waals surface area (Å²) >= 11 is 1.40. The predicted octanol–water partition coefficient (Wildman–Crippen LogP) is 1.80. The van der Waals surface area contributed by atoms with E-state index < -0.39 is 0 Å².